The number of rotatable bonds is 88. The first-order chi connectivity index (χ1) is 63.1. The maximum Gasteiger partial charge on any atom is 0.323 e. The van der Waals surface area contributed by atoms with Gasteiger partial charge in [-0.1, -0.05) is 369 Å². The van der Waals surface area contributed by atoms with Gasteiger partial charge >= 0.3 is 47.8 Å². The van der Waals surface area contributed by atoms with Gasteiger partial charge in [0.25, 0.3) is 0 Å². The highest BCUT2D eigenvalue weighted by Crippen LogP contribution is 2.19. The summed E-state index contributed by atoms with van der Waals surface area (Å²) in [5.74, 6) is -9.60. The molecule has 8 N–H and O–H groups in total. The molecule has 0 heterocycles. The number of likely N-dealkylation sites (N-methyl/N-ethyl adjacent to an activating group) is 2. The highest BCUT2D eigenvalue weighted by atomic mass is 16.4. The van der Waals surface area contributed by atoms with Crippen molar-refractivity contribution in [1.82, 2.24) is 24.5 Å². The number of hydrogen-bond donors (Lipinski definition) is 8. The van der Waals surface area contributed by atoms with E-state index in [2.05, 4.69) is 53.7 Å². The van der Waals surface area contributed by atoms with Gasteiger partial charge in [0, 0.05) is 78.6 Å². The molecule has 0 aromatic heterocycles. The number of nitrogens with zero attached hydrogens (tertiary/aromatic N) is 5. The molecule has 1 unspecified atom stereocenters. The van der Waals surface area contributed by atoms with Crippen LogP contribution in [-0.4, -0.2) is 227 Å². The lowest BCUT2D eigenvalue weighted by molar-refractivity contribution is -0.149. The summed E-state index contributed by atoms with van der Waals surface area (Å²) in [5.41, 5.74) is 0. The number of amides is 4. The standard InChI is InChI=1S/C22H41NO2.C20H36N2O7.C16H29NO5.C16H30O3.C15H29NO3.C15H28O3/c1-4-5-6-7-8-9-10-11-12-13-14-15-16-17-18-19-22(25)23(3)20-21(2)24;1-2-3-4-5-6-7-8-9-10-11-17(23)22(16-20(28)29)13-12-21(14-18(24)25)15-19(26)27;1-2-3-4-5-6-7-8-9-10-11-14(18)17(12-15(19)20)13-16(21)22;1-3-4-5-6-7-8-9-10-11-12-15(17)13-14(2)16(18)19;1-3-4-5-6-7-8-9-10-11-12-14(17)16(2)13-15(18)19;1-2-3-4-5-6-7-8-9-10-11-14(16)12-13-15(17)18/h11-12H,4-10,13-20H2,1-3H3;2-16H2,1H3,(H,24,25)(H,26,27)(H,28,29);2-13H2,1H3,(H,19,20)(H,21,22);14H,3-13H2,1-2H3,(H,18,19);3-13H2,1-2H3,(H,18,19);2-13H2,1H3,(H,17,18)/b12-11-;;;;;. The summed E-state index contributed by atoms with van der Waals surface area (Å²) in [6.45, 7) is 13.9. The van der Waals surface area contributed by atoms with Crippen molar-refractivity contribution in [3.8, 4) is 0 Å². The van der Waals surface area contributed by atoms with E-state index in [1.807, 2.05) is 0 Å². The van der Waals surface area contributed by atoms with Crippen molar-refractivity contribution >= 4 is 88.7 Å². The minimum atomic E-state index is -1.19. The molecule has 0 aliphatic rings. The van der Waals surface area contributed by atoms with Crippen LogP contribution in [0.5, 0.6) is 0 Å². The van der Waals surface area contributed by atoms with Crippen molar-refractivity contribution in [3.63, 3.8) is 0 Å². The molecular weight excluding hydrogens is 1690 g/mol. The zero-order valence-electron chi connectivity index (χ0n) is 84.9. The summed E-state index contributed by atoms with van der Waals surface area (Å²) in [5, 5.41) is 69.8. The van der Waals surface area contributed by atoms with E-state index in [0.717, 1.165) is 105 Å². The molecule has 28 heteroatoms. The maximum atomic E-state index is 12.4. The van der Waals surface area contributed by atoms with Gasteiger partial charge in [-0.15, -0.1) is 0 Å². The minimum absolute atomic E-state index is 0.0176. The number of allylic oxidation sites excluding steroid dienone is 2. The Labute approximate surface area is 798 Å². The number of carbonyl (C=O) groups is 15. The quantitative estimate of drug-likeness (QED) is 0.0207. The number of carbonyl (C=O) groups excluding carboxylic acids is 7. The van der Waals surface area contributed by atoms with Gasteiger partial charge in [0.1, 0.15) is 43.5 Å². The lowest BCUT2D eigenvalue weighted by Gasteiger charge is -2.25. The zero-order valence-corrected chi connectivity index (χ0v) is 84.9. The van der Waals surface area contributed by atoms with E-state index in [1.165, 1.54) is 286 Å². The van der Waals surface area contributed by atoms with E-state index in [9.17, 15) is 71.9 Å². The molecule has 1 atom stereocenters. The van der Waals surface area contributed by atoms with Crippen molar-refractivity contribution in [3.05, 3.63) is 12.2 Å². The van der Waals surface area contributed by atoms with Gasteiger partial charge in [-0.25, -0.2) is 0 Å². The van der Waals surface area contributed by atoms with Gasteiger partial charge in [0.05, 0.1) is 32.0 Å². The summed E-state index contributed by atoms with van der Waals surface area (Å²) in [6.07, 6.45) is 77.4. The Kier molecular flexibility index (Phi) is 106. The highest BCUT2D eigenvalue weighted by Gasteiger charge is 2.23. The van der Waals surface area contributed by atoms with Crippen LogP contribution in [0.4, 0.5) is 0 Å². The number of Topliss-reactive ketones (excluding diaryl/α,β-unsaturated/α-hetero) is 3. The predicted molar refractivity (Wildman–Crippen MR) is 528 cm³/mol. The first kappa shape index (κ1) is 135. The molecule has 0 aromatic carbocycles. The van der Waals surface area contributed by atoms with Gasteiger partial charge in [-0.05, 0) is 71.1 Å². The summed E-state index contributed by atoms with van der Waals surface area (Å²) in [6, 6.07) is 0. The third kappa shape index (κ3) is 113. The Morgan fingerprint density at radius 2 is 0.470 bits per heavy atom. The van der Waals surface area contributed by atoms with Crippen molar-refractivity contribution in [2.75, 3.05) is 73.0 Å². The molecule has 132 heavy (non-hydrogen) atoms. The Morgan fingerprint density at radius 3 is 0.735 bits per heavy atom. The van der Waals surface area contributed by atoms with E-state index in [1.54, 1.807) is 21.0 Å². The van der Waals surface area contributed by atoms with Gasteiger partial charge in [0.15, 0.2) is 0 Å². The molecule has 28 nitrogen and oxygen atoms in total. The second-order valence-electron chi connectivity index (χ2n) is 36.0. The topological polar surface area (TPSA) is 434 Å². The monoisotopic (exact) mass is 1880 g/mol. The molecule has 0 aliphatic heterocycles. The minimum Gasteiger partial charge on any atom is -0.481 e. The second-order valence-corrected chi connectivity index (χ2v) is 36.0. The van der Waals surface area contributed by atoms with Crippen LogP contribution < -0.4 is 0 Å². The molecule has 0 radical (unpaired) electrons. The van der Waals surface area contributed by atoms with Crippen LogP contribution in [0.1, 0.15) is 486 Å². The molecule has 4 amide bonds. The molecule has 772 valence electrons. The lowest BCUT2D eigenvalue weighted by Crippen LogP contribution is -2.44. The van der Waals surface area contributed by atoms with Crippen LogP contribution in [0.2, 0.25) is 0 Å². The summed E-state index contributed by atoms with van der Waals surface area (Å²) >= 11 is 0. The predicted octanol–water partition coefficient (Wildman–Crippen LogP) is 23.6. The normalized spacial score (nSPS) is 10.9. The van der Waals surface area contributed by atoms with Crippen LogP contribution in [0.15, 0.2) is 12.2 Å². The smallest absolute Gasteiger partial charge is 0.323 e. The van der Waals surface area contributed by atoms with Crippen molar-refractivity contribution < 1.29 is 113 Å². The first-order valence-corrected chi connectivity index (χ1v) is 51.8. The third-order valence-electron chi connectivity index (χ3n) is 22.6. The van der Waals surface area contributed by atoms with Crippen LogP contribution in [-0.2, 0) is 71.9 Å². The molecule has 0 fully saturated rings. The van der Waals surface area contributed by atoms with E-state index in [4.69, 9.17) is 40.9 Å². The lowest BCUT2D eigenvalue weighted by atomic mass is 10.0. The third-order valence-corrected chi connectivity index (χ3v) is 22.6. The summed E-state index contributed by atoms with van der Waals surface area (Å²) < 4.78 is 0. The Balaban J connectivity index is -0.000000364. The Bertz CT molecular complexity index is 2880. The maximum absolute atomic E-state index is 12.4. The SMILES string of the molecule is CCCCCCCC/C=C\CCCCCCCC(=O)N(C)CC(C)=O.CCCCCCCCCCCC(=O)CC(C)C(=O)O.CCCCCCCCCCCC(=O)CCC(=O)O.CCCCCCCCCCCC(=O)N(C)CC(=O)O.CCCCCCCCCCCC(=O)N(CC(=O)O)CC(=O)O.CCCCCCCCCCCC(=O)N(CCN(CC(=O)O)CC(=O)O)CC(=O)O. The fourth-order valence-electron chi connectivity index (χ4n) is 14.6. The second kappa shape index (κ2) is 104. The number of hydrogen-bond acceptors (Lipinski definition) is 16. The van der Waals surface area contributed by atoms with Crippen LogP contribution in [0.3, 0.4) is 0 Å². The Hall–Kier alpha value is -7.65. The van der Waals surface area contributed by atoms with Crippen molar-refractivity contribution in [2.24, 2.45) is 5.92 Å². The van der Waals surface area contributed by atoms with E-state index in [0.29, 0.717) is 38.5 Å². The van der Waals surface area contributed by atoms with Gasteiger partial charge in [-0.2, -0.15) is 0 Å². The highest BCUT2D eigenvalue weighted by molar-refractivity contribution is 5.87. The van der Waals surface area contributed by atoms with Gasteiger partial charge in [-0.3, -0.25) is 76.8 Å². The van der Waals surface area contributed by atoms with E-state index in [-0.39, 0.29) is 93.4 Å². The number of carboxylic acids is 8. The van der Waals surface area contributed by atoms with E-state index >= 15 is 0 Å². The molecule has 0 aliphatic carbocycles. The van der Waals surface area contributed by atoms with Gasteiger partial charge in [0.2, 0.25) is 23.6 Å². The van der Waals surface area contributed by atoms with Crippen LogP contribution in [0.25, 0.3) is 0 Å². The van der Waals surface area contributed by atoms with Crippen LogP contribution in [0, 0.1) is 5.92 Å². The first-order valence-electron chi connectivity index (χ1n) is 51.8. The molecule has 0 bridgehead atoms. The molecule has 0 aromatic rings. The molecule has 0 rings (SSSR count). The summed E-state index contributed by atoms with van der Waals surface area (Å²) in [7, 11) is 3.26. The zero-order chi connectivity index (χ0) is 100. The number of aliphatic carboxylic acids is 8. The molecular formula is C104H193N5O23. The largest absolute Gasteiger partial charge is 0.481 e. The Morgan fingerprint density at radius 1 is 0.235 bits per heavy atom. The average Bonchev–Trinajstić information content (AvgIpc) is 0.934. The molecule has 0 saturated carbocycles. The van der Waals surface area contributed by atoms with Crippen LogP contribution >= 0.6 is 0 Å². The fraction of sp³-hybridized carbons (Fsp3) is 0.837. The average molecular weight is 1880 g/mol. The molecule has 0 saturated heterocycles. The number of unbranched alkanes of at least 4 members (excludes halogenated alkanes) is 51. The van der Waals surface area contributed by atoms with Crippen molar-refractivity contribution in [2.45, 2.75) is 486 Å². The number of carboxylic acid groups (broad SMARTS) is 8. The summed E-state index contributed by atoms with van der Waals surface area (Å²) in [4.78, 5) is 173. The van der Waals surface area contributed by atoms with E-state index < -0.39 is 92.3 Å². The van der Waals surface area contributed by atoms with Gasteiger partial charge < -0.3 is 60.5 Å². The molecule has 0 spiro atoms. The number of ketones is 3. The fourth-order valence-corrected chi connectivity index (χ4v) is 14.6. The van der Waals surface area contributed by atoms with Crippen molar-refractivity contribution in [1.29, 1.82) is 0 Å².